The molecule has 0 bridgehead atoms. The van der Waals surface area contributed by atoms with Crippen molar-refractivity contribution >= 4 is 17.0 Å². The zero-order chi connectivity index (χ0) is 27.8. The van der Waals surface area contributed by atoms with Gasteiger partial charge in [-0.05, 0) is 87.0 Å². The molecular formula is C33H36N4O4. The monoisotopic (exact) mass is 552 g/mol. The summed E-state index contributed by atoms with van der Waals surface area (Å²) in [5, 5.41) is 9.52. The van der Waals surface area contributed by atoms with Crippen LogP contribution in [0.5, 0.6) is 5.88 Å². The number of rotatable bonds is 8. The molecule has 0 amide bonds. The molecule has 212 valence electrons. The zero-order valence-corrected chi connectivity index (χ0v) is 23.2. The molecular weight excluding hydrogens is 516 g/mol. The number of ether oxygens (including phenoxy) is 2. The SMILES string of the molecule is O=C(O)c1ccc2nc(CN3CCC(c4cccc(OC5CCCc6ccccc65)n4)CC3)n(CC3CCO3)c2c1. The second-order valence-corrected chi connectivity index (χ2v) is 11.6. The third-order valence-electron chi connectivity index (χ3n) is 8.95. The zero-order valence-electron chi connectivity index (χ0n) is 23.2. The van der Waals surface area contributed by atoms with E-state index in [9.17, 15) is 9.90 Å². The van der Waals surface area contributed by atoms with Gasteiger partial charge >= 0.3 is 5.97 Å². The molecule has 2 unspecified atom stereocenters. The highest BCUT2D eigenvalue weighted by Gasteiger charge is 2.27. The summed E-state index contributed by atoms with van der Waals surface area (Å²) in [5.74, 6) is 1.17. The van der Waals surface area contributed by atoms with E-state index in [2.05, 4.69) is 45.9 Å². The third kappa shape index (κ3) is 5.46. The summed E-state index contributed by atoms with van der Waals surface area (Å²) < 4.78 is 14.3. The minimum Gasteiger partial charge on any atom is -0.478 e. The van der Waals surface area contributed by atoms with Crippen LogP contribution >= 0.6 is 0 Å². The number of piperidine rings is 1. The van der Waals surface area contributed by atoms with E-state index >= 15 is 0 Å². The average Bonchev–Trinajstić information content (AvgIpc) is 3.31. The Bertz CT molecular complexity index is 1550. The highest BCUT2D eigenvalue weighted by atomic mass is 16.5. The van der Waals surface area contributed by atoms with Crippen molar-refractivity contribution in [3.8, 4) is 5.88 Å². The molecule has 2 saturated heterocycles. The molecule has 0 spiro atoms. The Hall–Kier alpha value is -3.75. The van der Waals surface area contributed by atoms with Gasteiger partial charge in [0.1, 0.15) is 11.9 Å². The van der Waals surface area contributed by atoms with E-state index < -0.39 is 5.97 Å². The molecule has 1 N–H and O–H groups in total. The molecule has 2 aromatic carbocycles. The van der Waals surface area contributed by atoms with Crippen LogP contribution in [0.3, 0.4) is 0 Å². The molecule has 1 aliphatic carbocycles. The van der Waals surface area contributed by atoms with Crippen molar-refractivity contribution in [2.45, 2.75) is 69.7 Å². The maximum Gasteiger partial charge on any atom is 0.335 e. The summed E-state index contributed by atoms with van der Waals surface area (Å²) in [6, 6.07) is 20.0. The van der Waals surface area contributed by atoms with Crippen molar-refractivity contribution in [1.29, 1.82) is 0 Å². The van der Waals surface area contributed by atoms with Crippen molar-refractivity contribution in [2.24, 2.45) is 0 Å². The first-order valence-corrected chi connectivity index (χ1v) is 14.9. The lowest BCUT2D eigenvalue weighted by molar-refractivity contribution is -0.0592. The number of likely N-dealkylation sites (tertiary alicyclic amines) is 1. The van der Waals surface area contributed by atoms with Gasteiger partial charge in [0.25, 0.3) is 0 Å². The summed E-state index contributed by atoms with van der Waals surface area (Å²) in [4.78, 5) is 24.0. The molecule has 0 radical (unpaired) electrons. The summed E-state index contributed by atoms with van der Waals surface area (Å²) in [6.45, 7) is 4.13. The van der Waals surface area contributed by atoms with Gasteiger partial charge in [0.2, 0.25) is 5.88 Å². The Morgan fingerprint density at radius 2 is 1.85 bits per heavy atom. The van der Waals surface area contributed by atoms with Gasteiger partial charge in [-0.3, -0.25) is 4.90 Å². The third-order valence-corrected chi connectivity index (χ3v) is 8.95. The fourth-order valence-corrected chi connectivity index (χ4v) is 6.55. The first kappa shape index (κ1) is 26.2. The average molecular weight is 553 g/mol. The van der Waals surface area contributed by atoms with Gasteiger partial charge < -0.3 is 19.1 Å². The van der Waals surface area contributed by atoms with Crippen molar-refractivity contribution in [1.82, 2.24) is 19.4 Å². The number of carbonyl (C=O) groups is 1. The predicted molar refractivity (Wildman–Crippen MR) is 155 cm³/mol. The summed E-state index contributed by atoms with van der Waals surface area (Å²) in [6.07, 6.45) is 6.59. The number of hydrogen-bond donors (Lipinski definition) is 1. The van der Waals surface area contributed by atoms with Crippen molar-refractivity contribution < 1.29 is 19.4 Å². The van der Waals surface area contributed by atoms with Crippen LogP contribution in [-0.2, 0) is 24.2 Å². The van der Waals surface area contributed by atoms with Gasteiger partial charge in [-0.25, -0.2) is 14.8 Å². The van der Waals surface area contributed by atoms with E-state index in [0.717, 1.165) is 93.2 Å². The highest BCUT2D eigenvalue weighted by Crippen LogP contribution is 2.34. The number of pyridine rings is 1. The van der Waals surface area contributed by atoms with Crippen LogP contribution in [0.1, 0.15) is 77.1 Å². The molecule has 2 atom stereocenters. The van der Waals surface area contributed by atoms with Gasteiger partial charge in [-0.1, -0.05) is 30.3 Å². The molecule has 8 nitrogen and oxygen atoms in total. The van der Waals surface area contributed by atoms with Crippen LogP contribution in [-0.4, -0.2) is 56.3 Å². The highest BCUT2D eigenvalue weighted by molar-refractivity contribution is 5.92. The Labute approximate surface area is 239 Å². The number of hydrogen-bond acceptors (Lipinski definition) is 6. The topological polar surface area (TPSA) is 89.7 Å². The number of aromatic carboxylic acids is 1. The minimum atomic E-state index is -0.921. The van der Waals surface area contributed by atoms with Crippen LogP contribution in [0, 0.1) is 0 Å². The molecule has 2 fully saturated rings. The van der Waals surface area contributed by atoms with Crippen molar-refractivity contribution in [3.63, 3.8) is 0 Å². The van der Waals surface area contributed by atoms with E-state index in [1.54, 1.807) is 12.1 Å². The number of carboxylic acid groups (broad SMARTS) is 1. The molecule has 4 heterocycles. The Morgan fingerprint density at radius 1 is 1.00 bits per heavy atom. The molecule has 2 aliphatic heterocycles. The number of carboxylic acids is 1. The molecule has 41 heavy (non-hydrogen) atoms. The first-order chi connectivity index (χ1) is 20.1. The molecule has 3 aliphatic rings. The van der Waals surface area contributed by atoms with E-state index in [4.69, 9.17) is 19.4 Å². The van der Waals surface area contributed by atoms with Gasteiger partial charge in [-0.2, -0.15) is 0 Å². The summed E-state index contributed by atoms with van der Waals surface area (Å²) >= 11 is 0. The Balaban J connectivity index is 1.03. The second kappa shape index (κ2) is 11.3. The van der Waals surface area contributed by atoms with Crippen molar-refractivity contribution in [2.75, 3.05) is 19.7 Å². The van der Waals surface area contributed by atoms with E-state index in [1.165, 1.54) is 11.1 Å². The maximum absolute atomic E-state index is 11.6. The van der Waals surface area contributed by atoms with E-state index in [-0.39, 0.29) is 17.8 Å². The maximum atomic E-state index is 11.6. The number of aromatic nitrogens is 3. The van der Waals surface area contributed by atoms with Crippen LogP contribution in [0.4, 0.5) is 0 Å². The van der Waals surface area contributed by atoms with E-state index in [1.807, 2.05) is 12.1 Å². The summed E-state index contributed by atoms with van der Waals surface area (Å²) in [7, 11) is 0. The van der Waals surface area contributed by atoms with E-state index in [0.29, 0.717) is 12.5 Å². The number of fused-ring (bicyclic) bond motifs is 2. The molecule has 0 saturated carbocycles. The first-order valence-electron chi connectivity index (χ1n) is 14.9. The fraction of sp³-hybridized carbons (Fsp3) is 0.424. The smallest absolute Gasteiger partial charge is 0.335 e. The van der Waals surface area contributed by atoms with Crippen LogP contribution < -0.4 is 4.74 Å². The van der Waals surface area contributed by atoms with Gasteiger partial charge in [0.05, 0.1) is 35.8 Å². The Kier molecular flexibility index (Phi) is 7.19. The van der Waals surface area contributed by atoms with Crippen LogP contribution in [0.15, 0.2) is 60.7 Å². The predicted octanol–water partition coefficient (Wildman–Crippen LogP) is 5.75. The Morgan fingerprint density at radius 3 is 2.66 bits per heavy atom. The number of aryl methyl sites for hydroxylation is 1. The van der Waals surface area contributed by atoms with Crippen LogP contribution in [0.2, 0.25) is 0 Å². The molecule has 2 aromatic heterocycles. The normalized spacial score (nSPS) is 21.4. The lowest BCUT2D eigenvalue weighted by atomic mass is 9.89. The second-order valence-electron chi connectivity index (χ2n) is 11.6. The standard InChI is InChI=1S/C33H36N4O4/c38-33(39)24-11-12-28-29(19-24)37(20-25-15-18-40-25)31(34-28)21-36-16-13-23(14-17-36)27-8-4-10-32(35-27)41-30-9-3-6-22-5-1-2-7-26(22)30/h1-2,4-5,7-8,10-12,19,23,25,30H,3,6,9,13-18,20-21H2,(H,38,39). The van der Waals surface area contributed by atoms with Crippen molar-refractivity contribution in [3.05, 3.63) is 88.9 Å². The lowest BCUT2D eigenvalue weighted by Crippen LogP contribution is -2.35. The quantitative estimate of drug-likeness (QED) is 0.298. The number of nitrogens with zero attached hydrogens (tertiary/aromatic N) is 4. The largest absolute Gasteiger partial charge is 0.478 e. The lowest BCUT2D eigenvalue weighted by Gasteiger charge is -2.32. The molecule has 4 aromatic rings. The number of imidazole rings is 1. The van der Waals surface area contributed by atoms with Gasteiger partial charge in [0.15, 0.2) is 0 Å². The summed E-state index contributed by atoms with van der Waals surface area (Å²) in [5.41, 5.74) is 5.79. The number of benzene rings is 2. The van der Waals surface area contributed by atoms with Crippen LogP contribution in [0.25, 0.3) is 11.0 Å². The minimum absolute atomic E-state index is 0.0701. The molecule has 7 rings (SSSR count). The van der Waals surface area contributed by atoms with Gasteiger partial charge in [-0.15, -0.1) is 0 Å². The fourth-order valence-electron chi connectivity index (χ4n) is 6.55. The molecule has 8 heteroatoms. The van der Waals surface area contributed by atoms with Gasteiger partial charge in [0, 0.05) is 24.3 Å².